The Morgan fingerprint density at radius 3 is 2.47 bits per heavy atom. The highest BCUT2D eigenvalue weighted by atomic mass is 79.9. The van der Waals surface area contributed by atoms with Crippen molar-refractivity contribution in [2.45, 2.75) is 19.4 Å². The minimum atomic E-state index is -0.415. The zero-order valence-electron chi connectivity index (χ0n) is 17.8. The summed E-state index contributed by atoms with van der Waals surface area (Å²) in [6.45, 7) is 0.551. The standard InChI is InChI=1S/C23H23BrN6O2/c1-28-20-19(21(31)29(2)23(28)32)30(14-6-9-16-7-4-3-5-8-16)22(26-20)27-25-15-17-10-12-18(24)13-11-17/h3-5,7-8,10-13,15H,6,9,14H2,1-2H3,(H,26,27)/b25-15+. The number of halogens is 1. The number of hydrogen-bond acceptors (Lipinski definition) is 5. The molecule has 8 nitrogen and oxygen atoms in total. The molecule has 164 valence electrons. The van der Waals surface area contributed by atoms with Gasteiger partial charge in [-0.15, -0.1) is 0 Å². The van der Waals surface area contributed by atoms with Gasteiger partial charge in [-0.25, -0.2) is 10.2 Å². The van der Waals surface area contributed by atoms with E-state index in [2.05, 4.69) is 43.6 Å². The van der Waals surface area contributed by atoms with Crippen molar-refractivity contribution in [2.24, 2.45) is 19.2 Å². The third-order valence-electron chi connectivity index (χ3n) is 5.29. The van der Waals surface area contributed by atoms with Gasteiger partial charge in [0, 0.05) is 25.1 Å². The van der Waals surface area contributed by atoms with Gasteiger partial charge in [0.05, 0.1) is 6.21 Å². The Balaban J connectivity index is 1.68. The molecule has 2 aromatic heterocycles. The third-order valence-corrected chi connectivity index (χ3v) is 5.81. The largest absolute Gasteiger partial charge is 0.332 e. The normalized spacial score (nSPS) is 11.5. The van der Waals surface area contributed by atoms with Crippen LogP contribution >= 0.6 is 15.9 Å². The Hall–Kier alpha value is -3.46. The van der Waals surface area contributed by atoms with Crippen LogP contribution in [0.5, 0.6) is 0 Å². The van der Waals surface area contributed by atoms with E-state index >= 15 is 0 Å². The fourth-order valence-electron chi connectivity index (χ4n) is 3.55. The van der Waals surface area contributed by atoms with Crippen molar-refractivity contribution in [1.82, 2.24) is 18.7 Å². The van der Waals surface area contributed by atoms with E-state index in [1.165, 1.54) is 17.2 Å². The van der Waals surface area contributed by atoms with Crippen LogP contribution in [0.25, 0.3) is 11.2 Å². The van der Waals surface area contributed by atoms with Crippen LogP contribution in [-0.4, -0.2) is 24.9 Å². The SMILES string of the molecule is Cn1c(=O)c2c(nc(N/N=C/c3ccc(Br)cc3)n2CCCc2ccccc2)n(C)c1=O. The smallest absolute Gasteiger partial charge is 0.303 e. The van der Waals surface area contributed by atoms with Crippen LogP contribution in [0.15, 0.2) is 73.8 Å². The molecule has 2 aromatic carbocycles. The van der Waals surface area contributed by atoms with Crippen molar-refractivity contribution in [3.05, 3.63) is 91.0 Å². The average molecular weight is 495 g/mol. The lowest BCUT2D eigenvalue weighted by Gasteiger charge is -2.09. The van der Waals surface area contributed by atoms with E-state index in [-0.39, 0.29) is 5.56 Å². The summed E-state index contributed by atoms with van der Waals surface area (Å²) in [5, 5.41) is 4.30. The predicted octanol–water partition coefficient (Wildman–Crippen LogP) is 3.28. The van der Waals surface area contributed by atoms with Gasteiger partial charge in [-0.1, -0.05) is 58.4 Å². The molecule has 0 aliphatic carbocycles. The van der Waals surface area contributed by atoms with E-state index < -0.39 is 5.69 Å². The van der Waals surface area contributed by atoms with E-state index in [1.807, 2.05) is 42.5 Å². The lowest BCUT2D eigenvalue weighted by molar-refractivity contribution is 0.651. The zero-order chi connectivity index (χ0) is 22.7. The number of nitrogens with zero attached hydrogens (tertiary/aromatic N) is 5. The summed E-state index contributed by atoms with van der Waals surface area (Å²) in [5.74, 6) is 0.416. The number of hydrazone groups is 1. The number of benzene rings is 2. The molecule has 4 aromatic rings. The van der Waals surface area contributed by atoms with Crippen molar-refractivity contribution in [1.29, 1.82) is 0 Å². The zero-order valence-corrected chi connectivity index (χ0v) is 19.4. The number of hydrogen-bond donors (Lipinski definition) is 1. The van der Waals surface area contributed by atoms with Crippen molar-refractivity contribution >= 4 is 39.3 Å². The second kappa shape index (κ2) is 9.35. The average Bonchev–Trinajstić information content (AvgIpc) is 3.17. The fourth-order valence-corrected chi connectivity index (χ4v) is 3.81. The van der Waals surface area contributed by atoms with Gasteiger partial charge < -0.3 is 4.57 Å². The Morgan fingerprint density at radius 1 is 1.03 bits per heavy atom. The van der Waals surface area contributed by atoms with Crippen LogP contribution in [0, 0.1) is 0 Å². The molecule has 9 heteroatoms. The van der Waals surface area contributed by atoms with Gasteiger partial charge in [0.1, 0.15) is 0 Å². The molecule has 0 amide bonds. The van der Waals surface area contributed by atoms with E-state index in [0.717, 1.165) is 27.4 Å². The lowest BCUT2D eigenvalue weighted by Crippen LogP contribution is -2.37. The van der Waals surface area contributed by atoms with Crippen molar-refractivity contribution in [3.63, 3.8) is 0 Å². The number of anilines is 1. The highest BCUT2D eigenvalue weighted by molar-refractivity contribution is 9.10. The van der Waals surface area contributed by atoms with E-state index in [0.29, 0.717) is 23.7 Å². The third kappa shape index (κ3) is 4.43. The first-order valence-electron chi connectivity index (χ1n) is 10.2. The molecule has 0 atom stereocenters. The molecule has 0 fully saturated rings. The summed E-state index contributed by atoms with van der Waals surface area (Å²) in [6, 6.07) is 17.9. The summed E-state index contributed by atoms with van der Waals surface area (Å²) >= 11 is 3.41. The maximum absolute atomic E-state index is 12.9. The van der Waals surface area contributed by atoms with Crippen LogP contribution in [0.2, 0.25) is 0 Å². The van der Waals surface area contributed by atoms with Crippen LogP contribution in [0.1, 0.15) is 17.5 Å². The molecular formula is C23H23BrN6O2. The van der Waals surface area contributed by atoms with Gasteiger partial charge in [-0.3, -0.25) is 13.9 Å². The summed E-state index contributed by atoms with van der Waals surface area (Å²) in [4.78, 5) is 29.8. The van der Waals surface area contributed by atoms with Crippen molar-refractivity contribution in [2.75, 3.05) is 5.43 Å². The number of rotatable bonds is 7. The molecular weight excluding hydrogens is 472 g/mol. The van der Waals surface area contributed by atoms with Crippen LogP contribution in [0.4, 0.5) is 5.95 Å². The summed E-state index contributed by atoms with van der Waals surface area (Å²) in [6.07, 6.45) is 3.33. The summed E-state index contributed by atoms with van der Waals surface area (Å²) in [5.41, 5.74) is 5.01. The summed E-state index contributed by atoms with van der Waals surface area (Å²) in [7, 11) is 3.09. The maximum atomic E-state index is 12.9. The minimum Gasteiger partial charge on any atom is -0.303 e. The molecule has 0 aliphatic rings. The number of fused-ring (bicyclic) bond motifs is 1. The van der Waals surface area contributed by atoms with E-state index in [4.69, 9.17) is 0 Å². The molecule has 0 saturated heterocycles. The predicted molar refractivity (Wildman–Crippen MR) is 130 cm³/mol. The van der Waals surface area contributed by atoms with Crippen LogP contribution in [-0.2, 0) is 27.1 Å². The van der Waals surface area contributed by atoms with Gasteiger partial charge >= 0.3 is 5.69 Å². The number of aromatic nitrogens is 4. The Kier molecular flexibility index (Phi) is 6.36. The first kappa shape index (κ1) is 21.8. The Labute approximate surface area is 193 Å². The molecule has 0 radical (unpaired) electrons. The number of nitrogens with one attached hydrogen (secondary N) is 1. The molecule has 0 unspecified atom stereocenters. The van der Waals surface area contributed by atoms with Crippen LogP contribution < -0.4 is 16.7 Å². The van der Waals surface area contributed by atoms with Gasteiger partial charge in [-0.05, 0) is 36.1 Å². The highest BCUT2D eigenvalue weighted by Gasteiger charge is 2.18. The first-order valence-corrected chi connectivity index (χ1v) is 11.0. The maximum Gasteiger partial charge on any atom is 0.332 e. The lowest BCUT2D eigenvalue weighted by atomic mass is 10.1. The van der Waals surface area contributed by atoms with Crippen molar-refractivity contribution < 1.29 is 0 Å². The second-order valence-electron chi connectivity index (χ2n) is 7.48. The van der Waals surface area contributed by atoms with E-state index in [9.17, 15) is 9.59 Å². The summed E-state index contributed by atoms with van der Waals surface area (Å²) < 4.78 is 5.28. The quantitative estimate of drug-likeness (QED) is 0.315. The molecule has 1 N–H and O–H groups in total. The van der Waals surface area contributed by atoms with Crippen molar-refractivity contribution in [3.8, 4) is 0 Å². The molecule has 32 heavy (non-hydrogen) atoms. The Bertz CT molecular complexity index is 1380. The molecule has 2 heterocycles. The fraction of sp³-hybridized carbons (Fsp3) is 0.217. The molecule has 4 rings (SSSR count). The minimum absolute atomic E-state index is 0.333. The monoisotopic (exact) mass is 494 g/mol. The Morgan fingerprint density at radius 2 is 1.75 bits per heavy atom. The highest BCUT2D eigenvalue weighted by Crippen LogP contribution is 2.17. The molecule has 0 spiro atoms. The number of imidazole rings is 1. The van der Waals surface area contributed by atoms with E-state index in [1.54, 1.807) is 17.8 Å². The van der Waals surface area contributed by atoms with Gasteiger partial charge in [0.15, 0.2) is 11.2 Å². The molecule has 0 saturated carbocycles. The first-order chi connectivity index (χ1) is 15.5. The van der Waals surface area contributed by atoms with Gasteiger partial charge in [-0.2, -0.15) is 10.1 Å². The van der Waals surface area contributed by atoms with Gasteiger partial charge in [0.25, 0.3) is 5.56 Å². The molecule has 0 bridgehead atoms. The van der Waals surface area contributed by atoms with Crippen LogP contribution in [0.3, 0.4) is 0 Å². The second-order valence-corrected chi connectivity index (χ2v) is 8.39. The van der Waals surface area contributed by atoms with Gasteiger partial charge in [0.2, 0.25) is 5.95 Å². The number of aryl methyl sites for hydroxylation is 3. The molecule has 0 aliphatic heterocycles. The topological polar surface area (TPSA) is 86.2 Å².